The smallest absolute Gasteiger partial charge is 0.240 e. The first-order valence-corrected chi connectivity index (χ1v) is 14.4. The van der Waals surface area contributed by atoms with E-state index in [0.717, 1.165) is 42.7 Å². The zero-order valence-corrected chi connectivity index (χ0v) is 20.7. The molecular weight excluding hydrogens is 444 g/mol. The van der Waals surface area contributed by atoms with Crippen molar-refractivity contribution in [2.75, 3.05) is 56.5 Å². The van der Waals surface area contributed by atoms with Crippen molar-refractivity contribution >= 4 is 33.4 Å². The number of piperidine rings is 2. The van der Waals surface area contributed by atoms with Gasteiger partial charge in [-0.2, -0.15) is 0 Å². The number of carbonyl (C=O) groups excluding carboxylic acids is 1. The highest BCUT2D eigenvalue weighted by molar-refractivity contribution is 7.99. The van der Waals surface area contributed by atoms with Gasteiger partial charge >= 0.3 is 0 Å². The Labute approximate surface area is 196 Å². The molecule has 0 bridgehead atoms. The van der Waals surface area contributed by atoms with Crippen molar-refractivity contribution in [1.29, 1.82) is 0 Å². The average Bonchev–Trinajstić information content (AvgIpc) is 2.82. The molecule has 32 heavy (non-hydrogen) atoms. The second-order valence-electron chi connectivity index (χ2n) is 9.07. The second-order valence-corrected chi connectivity index (χ2v) is 12.0. The number of thioether (sulfide) groups is 1. The Morgan fingerprint density at radius 1 is 1.09 bits per heavy atom. The summed E-state index contributed by atoms with van der Waals surface area (Å²) in [4.78, 5) is 19.9. The molecule has 178 valence electrons. The average molecular weight is 481 g/mol. The van der Waals surface area contributed by atoms with Crippen LogP contribution in [0.15, 0.2) is 28.0 Å². The van der Waals surface area contributed by atoms with E-state index >= 15 is 0 Å². The first-order chi connectivity index (χ1) is 15.4. The minimum atomic E-state index is -3.59. The van der Waals surface area contributed by atoms with Crippen molar-refractivity contribution in [1.82, 2.24) is 14.5 Å². The molecule has 0 aliphatic carbocycles. The molecule has 7 nitrogen and oxygen atoms in total. The number of nitrogens with zero attached hydrogens (tertiary/aromatic N) is 3. The van der Waals surface area contributed by atoms with Gasteiger partial charge in [-0.25, -0.2) is 13.1 Å². The molecule has 0 unspecified atom stereocenters. The van der Waals surface area contributed by atoms with Gasteiger partial charge in [-0.3, -0.25) is 4.79 Å². The van der Waals surface area contributed by atoms with E-state index in [0.29, 0.717) is 18.8 Å². The van der Waals surface area contributed by atoms with Crippen LogP contribution in [0.4, 0.5) is 5.69 Å². The molecule has 1 aromatic rings. The quantitative estimate of drug-likeness (QED) is 0.605. The van der Waals surface area contributed by atoms with E-state index in [4.69, 9.17) is 0 Å². The summed E-state index contributed by atoms with van der Waals surface area (Å²) in [6, 6.07) is 5.83. The predicted octanol–water partition coefficient (Wildman–Crippen LogP) is 2.76. The Balaban J connectivity index is 1.24. The van der Waals surface area contributed by atoms with Gasteiger partial charge < -0.3 is 14.7 Å². The molecule has 2 saturated heterocycles. The van der Waals surface area contributed by atoms with Crippen molar-refractivity contribution in [3.63, 3.8) is 0 Å². The molecule has 0 saturated carbocycles. The van der Waals surface area contributed by atoms with E-state index < -0.39 is 10.0 Å². The lowest BCUT2D eigenvalue weighted by atomic mass is 10.00. The van der Waals surface area contributed by atoms with Crippen LogP contribution >= 0.6 is 11.8 Å². The standard InChI is InChI=1S/C23H36N4O3S2/c1-19(28)27-16-17-31-23-7-6-21(18-22(23)27)32(29,30)24-10-5-11-25-14-8-20(9-15-25)26-12-3-2-4-13-26/h6-7,18,20,24H,2-5,8-17H2,1H3. The van der Waals surface area contributed by atoms with Gasteiger partial charge in [-0.05, 0) is 83.0 Å². The van der Waals surface area contributed by atoms with E-state index in [1.54, 1.807) is 28.8 Å². The van der Waals surface area contributed by atoms with Crippen LogP contribution in [0, 0.1) is 0 Å². The molecule has 2 fully saturated rings. The van der Waals surface area contributed by atoms with Crippen LogP contribution in [0.1, 0.15) is 45.4 Å². The van der Waals surface area contributed by atoms with Crippen LogP contribution in [0.3, 0.4) is 0 Å². The number of nitrogens with one attached hydrogen (secondary N) is 1. The molecule has 9 heteroatoms. The van der Waals surface area contributed by atoms with Gasteiger partial charge in [0.1, 0.15) is 0 Å². The Morgan fingerprint density at radius 3 is 2.56 bits per heavy atom. The summed E-state index contributed by atoms with van der Waals surface area (Å²) in [6.45, 7) is 8.22. The molecule has 1 N–H and O–H groups in total. The molecule has 3 aliphatic rings. The first kappa shape index (κ1) is 24.0. The topological polar surface area (TPSA) is 73.0 Å². The van der Waals surface area contributed by atoms with Gasteiger partial charge in [0.2, 0.25) is 15.9 Å². The molecule has 0 aromatic heterocycles. The van der Waals surface area contributed by atoms with E-state index in [2.05, 4.69) is 14.5 Å². The molecular formula is C23H36N4O3S2. The first-order valence-electron chi connectivity index (χ1n) is 11.9. The van der Waals surface area contributed by atoms with E-state index in [9.17, 15) is 13.2 Å². The molecule has 0 radical (unpaired) electrons. The van der Waals surface area contributed by atoms with Crippen LogP contribution < -0.4 is 9.62 Å². The lowest BCUT2D eigenvalue weighted by Crippen LogP contribution is -2.47. The van der Waals surface area contributed by atoms with Gasteiger partial charge in [0, 0.05) is 36.7 Å². The van der Waals surface area contributed by atoms with Crippen molar-refractivity contribution in [3.8, 4) is 0 Å². The lowest BCUT2D eigenvalue weighted by Gasteiger charge is -2.40. The van der Waals surface area contributed by atoms with Gasteiger partial charge in [0.25, 0.3) is 0 Å². The van der Waals surface area contributed by atoms with Crippen LogP contribution in [0.25, 0.3) is 0 Å². The fourth-order valence-electron chi connectivity index (χ4n) is 5.08. The molecule has 0 atom stereocenters. The Hall–Kier alpha value is -1.13. The molecule has 3 aliphatic heterocycles. The van der Waals surface area contributed by atoms with Gasteiger partial charge in [0.15, 0.2) is 0 Å². The summed E-state index contributed by atoms with van der Waals surface area (Å²) < 4.78 is 28.4. The third-order valence-corrected chi connectivity index (χ3v) is 9.39. The minimum absolute atomic E-state index is 0.0573. The maximum absolute atomic E-state index is 12.8. The predicted molar refractivity (Wildman–Crippen MR) is 130 cm³/mol. The van der Waals surface area contributed by atoms with Crippen LogP contribution in [-0.2, 0) is 14.8 Å². The summed E-state index contributed by atoms with van der Waals surface area (Å²) in [5, 5.41) is 0. The van der Waals surface area contributed by atoms with E-state index in [1.807, 2.05) is 6.07 Å². The number of fused-ring (bicyclic) bond motifs is 1. The van der Waals surface area contributed by atoms with Crippen molar-refractivity contribution in [2.45, 2.75) is 61.3 Å². The zero-order valence-electron chi connectivity index (χ0n) is 19.1. The van der Waals surface area contributed by atoms with Crippen molar-refractivity contribution in [2.24, 2.45) is 0 Å². The molecule has 3 heterocycles. The van der Waals surface area contributed by atoms with Crippen LogP contribution in [0.5, 0.6) is 0 Å². The molecule has 1 aromatic carbocycles. The number of anilines is 1. The summed E-state index contributed by atoms with van der Waals surface area (Å²) in [5.74, 6) is 0.768. The lowest BCUT2D eigenvalue weighted by molar-refractivity contribution is -0.116. The largest absolute Gasteiger partial charge is 0.311 e. The molecule has 0 spiro atoms. The van der Waals surface area contributed by atoms with Crippen LogP contribution in [0.2, 0.25) is 0 Å². The number of hydrogen-bond donors (Lipinski definition) is 1. The third kappa shape index (κ3) is 5.86. The molecule has 4 rings (SSSR count). The SMILES string of the molecule is CC(=O)N1CCSc2ccc(S(=O)(=O)NCCCN3CCC(N4CCCCC4)CC3)cc21. The van der Waals surface area contributed by atoms with E-state index in [1.165, 1.54) is 52.1 Å². The second kappa shape index (κ2) is 10.9. The van der Waals surface area contributed by atoms with Crippen molar-refractivity contribution in [3.05, 3.63) is 18.2 Å². The fraction of sp³-hybridized carbons (Fsp3) is 0.696. The minimum Gasteiger partial charge on any atom is -0.311 e. The summed E-state index contributed by atoms with van der Waals surface area (Å²) >= 11 is 1.66. The number of sulfonamides is 1. The number of amides is 1. The maximum atomic E-state index is 12.8. The van der Waals surface area contributed by atoms with Gasteiger partial charge in [-0.1, -0.05) is 6.42 Å². The monoisotopic (exact) mass is 480 g/mol. The number of benzene rings is 1. The number of hydrogen-bond acceptors (Lipinski definition) is 6. The van der Waals surface area contributed by atoms with Gasteiger partial charge in [-0.15, -0.1) is 11.8 Å². The van der Waals surface area contributed by atoms with Gasteiger partial charge in [0.05, 0.1) is 10.6 Å². The van der Waals surface area contributed by atoms with Crippen molar-refractivity contribution < 1.29 is 13.2 Å². The number of carbonyl (C=O) groups is 1. The maximum Gasteiger partial charge on any atom is 0.240 e. The summed E-state index contributed by atoms with van der Waals surface area (Å²) in [7, 11) is -3.59. The Bertz CT molecular complexity index is 895. The van der Waals surface area contributed by atoms with E-state index in [-0.39, 0.29) is 10.8 Å². The Morgan fingerprint density at radius 2 is 1.84 bits per heavy atom. The number of rotatable bonds is 7. The highest BCUT2D eigenvalue weighted by atomic mass is 32.2. The normalized spacial score (nSPS) is 21.5. The zero-order chi connectivity index (χ0) is 22.6. The third-order valence-electron chi connectivity index (χ3n) is 6.89. The summed E-state index contributed by atoms with van der Waals surface area (Å²) in [5.41, 5.74) is 0.702. The molecule has 1 amide bonds. The Kier molecular flexibility index (Phi) is 8.15. The number of likely N-dealkylation sites (tertiary alicyclic amines) is 2. The summed E-state index contributed by atoms with van der Waals surface area (Å²) in [6.07, 6.45) is 7.32. The highest BCUT2D eigenvalue weighted by Gasteiger charge is 2.26. The highest BCUT2D eigenvalue weighted by Crippen LogP contribution is 2.36. The fourth-order valence-corrected chi connectivity index (χ4v) is 7.14. The van der Waals surface area contributed by atoms with Crippen LogP contribution in [-0.4, -0.2) is 81.7 Å².